The van der Waals surface area contributed by atoms with Crippen molar-refractivity contribution < 1.29 is 38.8 Å². The summed E-state index contributed by atoms with van der Waals surface area (Å²) in [6.45, 7) is 13.0. The SMILES string of the molecule is CC(C)CCCCCOC(=O)CC(O)(C(=O)OCCCCCC(C)C)C(O)C(=O)OCCCCCC(C)C. The van der Waals surface area contributed by atoms with Crippen LogP contribution in [0.15, 0.2) is 0 Å². The van der Waals surface area contributed by atoms with Crippen molar-refractivity contribution in [1.82, 2.24) is 0 Å². The van der Waals surface area contributed by atoms with E-state index in [0.717, 1.165) is 57.8 Å². The number of carbonyl (C=O) groups is 3. The van der Waals surface area contributed by atoms with Gasteiger partial charge in [0, 0.05) is 0 Å². The number of esters is 3. The van der Waals surface area contributed by atoms with E-state index >= 15 is 0 Å². The Balaban J connectivity index is 4.92. The number of hydrogen-bond donors (Lipinski definition) is 2. The quantitative estimate of drug-likeness (QED) is 0.0948. The van der Waals surface area contributed by atoms with Gasteiger partial charge in [-0.1, -0.05) is 99.3 Å². The fraction of sp³-hybridized carbons (Fsp3) is 0.900. The van der Waals surface area contributed by atoms with E-state index in [1.54, 1.807) is 0 Å². The molecule has 0 amide bonds. The number of rotatable bonds is 23. The Morgan fingerprint density at radius 3 is 1.42 bits per heavy atom. The van der Waals surface area contributed by atoms with Crippen LogP contribution in [0.4, 0.5) is 0 Å². The summed E-state index contributed by atoms with van der Waals surface area (Å²) < 4.78 is 15.5. The molecular formula is C30H56O8. The first-order valence-electron chi connectivity index (χ1n) is 14.8. The minimum Gasteiger partial charge on any atom is -0.466 e. The van der Waals surface area contributed by atoms with E-state index < -0.39 is 36.0 Å². The maximum Gasteiger partial charge on any atom is 0.342 e. The Kier molecular flexibility index (Phi) is 20.3. The monoisotopic (exact) mass is 544 g/mol. The molecule has 2 N–H and O–H groups in total. The van der Waals surface area contributed by atoms with Crippen LogP contribution in [0.1, 0.15) is 125 Å². The predicted octanol–water partition coefficient (Wildman–Crippen LogP) is 5.75. The van der Waals surface area contributed by atoms with Crippen LogP contribution in [0.3, 0.4) is 0 Å². The number of unbranched alkanes of at least 4 members (excludes halogenated alkanes) is 6. The first-order chi connectivity index (χ1) is 17.9. The second-order valence-corrected chi connectivity index (χ2v) is 11.8. The highest BCUT2D eigenvalue weighted by atomic mass is 16.6. The molecule has 0 radical (unpaired) electrons. The van der Waals surface area contributed by atoms with Gasteiger partial charge >= 0.3 is 17.9 Å². The van der Waals surface area contributed by atoms with Crippen LogP contribution < -0.4 is 0 Å². The maximum absolute atomic E-state index is 12.8. The summed E-state index contributed by atoms with van der Waals surface area (Å²) in [5.74, 6) is -1.49. The highest BCUT2D eigenvalue weighted by molar-refractivity contribution is 5.92. The van der Waals surface area contributed by atoms with Gasteiger partial charge in [-0.25, -0.2) is 9.59 Å². The van der Waals surface area contributed by atoms with Gasteiger partial charge in [0.15, 0.2) is 6.10 Å². The van der Waals surface area contributed by atoms with Crippen LogP contribution >= 0.6 is 0 Å². The number of aliphatic hydroxyl groups excluding tert-OH is 1. The third-order valence-corrected chi connectivity index (χ3v) is 6.46. The van der Waals surface area contributed by atoms with Gasteiger partial charge in [0.2, 0.25) is 5.60 Å². The van der Waals surface area contributed by atoms with E-state index in [-0.39, 0.29) is 19.8 Å². The molecule has 8 heteroatoms. The van der Waals surface area contributed by atoms with Gasteiger partial charge in [0.1, 0.15) is 0 Å². The molecule has 0 aromatic carbocycles. The zero-order valence-electron chi connectivity index (χ0n) is 25.0. The lowest BCUT2D eigenvalue weighted by molar-refractivity contribution is -0.195. The molecule has 0 saturated carbocycles. The molecule has 0 aromatic rings. The van der Waals surface area contributed by atoms with E-state index in [2.05, 4.69) is 41.5 Å². The van der Waals surface area contributed by atoms with E-state index in [1.165, 1.54) is 0 Å². The van der Waals surface area contributed by atoms with Crippen molar-refractivity contribution in [2.24, 2.45) is 17.8 Å². The third-order valence-electron chi connectivity index (χ3n) is 6.46. The van der Waals surface area contributed by atoms with Gasteiger partial charge in [-0.15, -0.1) is 0 Å². The summed E-state index contributed by atoms with van der Waals surface area (Å²) in [6.07, 6.45) is 7.47. The smallest absolute Gasteiger partial charge is 0.342 e. The van der Waals surface area contributed by atoms with E-state index in [4.69, 9.17) is 14.2 Å². The van der Waals surface area contributed by atoms with Gasteiger partial charge in [-0.2, -0.15) is 0 Å². The molecule has 0 aliphatic carbocycles. The summed E-state index contributed by atoms with van der Waals surface area (Å²) in [5, 5.41) is 21.6. The lowest BCUT2D eigenvalue weighted by Crippen LogP contribution is -2.56. The fourth-order valence-electron chi connectivity index (χ4n) is 3.97. The molecule has 2 atom stereocenters. The molecule has 0 aliphatic rings. The van der Waals surface area contributed by atoms with Gasteiger partial charge in [-0.05, 0) is 37.0 Å². The molecule has 2 unspecified atom stereocenters. The van der Waals surface area contributed by atoms with Crippen molar-refractivity contribution in [1.29, 1.82) is 0 Å². The molecule has 0 bridgehead atoms. The Hall–Kier alpha value is -1.67. The molecule has 8 nitrogen and oxygen atoms in total. The van der Waals surface area contributed by atoms with Crippen LogP contribution in [-0.2, 0) is 28.6 Å². The van der Waals surface area contributed by atoms with Gasteiger partial charge in [0.05, 0.1) is 26.2 Å². The third kappa shape index (κ3) is 17.8. The number of aliphatic hydroxyl groups is 2. The Morgan fingerprint density at radius 2 is 1.00 bits per heavy atom. The minimum atomic E-state index is -2.78. The zero-order chi connectivity index (χ0) is 29.0. The molecule has 38 heavy (non-hydrogen) atoms. The molecule has 0 saturated heterocycles. The summed E-state index contributed by atoms with van der Waals surface area (Å²) in [4.78, 5) is 37.7. The van der Waals surface area contributed by atoms with E-state index in [9.17, 15) is 24.6 Å². The largest absolute Gasteiger partial charge is 0.466 e. The number of carbonyl (C=O) groups excluding carboxylic acids is 3. The van der Waals surface area contributed by atoms with Crippen molar-refractivity contribution in [2.45, 2.75) is 137 Å². The van der Waals surface area contributed by atoms with Crippen LogP contribution in [0.2, 0.25) is 0 Å². The van der Waals surface area contributed by atoms with Crippen LogP contribution in [-0.4, -0.2) is 59.6 Å². The first-order valence-corrected chi connectivity index (χ1v) is 14.8. The van der Waals surface area contributed by atoms with Crippen LogP contribution in [0.25, 0.3) is 0 Å². The average molecular weight is 545 g/mol. The fourth-order valence-corrected chi connectivity index (χ4v) is 3.97. The van der Waals surface area contributed by atoms with Gasteiger partial charge < -0.3 is 24.4 Å². The van der Waals surface area contributed by atoms with Crippen molar-refractivity contribution >= 4 is 17.9 Å². The van der Waals surface area contributed by atoms with Gasteiger partial charge in [-0.3, -0.25) is 4.79 Å². The Labute approximate surface area is 231 Å². The van der Waals surface area contributed by atoms with Crippen molar-refractivity contribution in [3.63, 3.8) is 0 Å². The molecule has 224 valence electrons. The lowest BCUT2D eigenvalue weighted by Gasteiger charge is -2.28. The van der Waals surface area contributed by atoms with E-state index in [0.29, 0.717) is 37.0 Å². The molecule has 0 spiro atoms. The summed E-state index contributed by atoms with van der Waals surface area (Å²) in [5.41, 5.74) is -2.78. The standard InChI is InChI=1S/C30H56O8/c1-23(2)16-10-7-13-19-36-26(31)22-30(35,29(34)38-21-15-9-12-18-25(5)6)27(32)28(33)37-20-14-8-11-17-24(3)4/h23-25,27,32,35H,7-22H2,1-6H3. The Bertz CT molecular complexity index is 646. The number of ether oxygens (including phenoxy) is 3. The topological polar surface area (TPSA) is 119 Å². The average Bonchev–Trinajstić information content (AvgIpc) is 2.84. The minimum absolute atomic E-state index is 0.0156. The second-order valence-electron chi connectivity index (χ2n) is 11.8. The predicted molar refractivity (Wildman–Crippen MR) is 148 cm³/mol. The zero-order valence-corrected chi connectivity index (χ0v) is 25.0. The van der Waals surface area contributed by atoms with Crippen LogP contribution in [0.5, 0.6) is 0 Å². The van der Waals surface area contributed by atoms with Gasteiger partial charge in [0.25, 0.3) is 0 Å². The van der Waals surface area contributed by atoms with Crippen LogP contribution in [0, 0.1) is 17.8 Å². The number of hydrogen-bond acceptors (Lipinski definition) is 8. The molecule has 0 rings (SSSR count). The van der Waals surface area contributed by atoms with Crippen molar-refractivity contribution in [3.8, 4) is 0 Å². The molecule has 0 heterocycles. The molecule has 0 fully saturated rings. The first kappa shape index (κ1) is 36.3. The summed E-state index contributed by atoms with van der Waals surface area (Å²) in [6, 6.07) is 0. The highest BCUT2D eigenvalue weighted by Crippen LogP contribution is 2.22. The highest BCUT2D eigenvalue weighted by Gasteiger charge is 2.51. The lowest BCUT2D eigenvalue weighted by atomic mass is 9.92. The van der Waals surface area contributed by atoms with E-state index in [1.807, 2.05) is 0 Å². The molecular weight excluding hydrogens is 488 g/mol. The Morgan fingerprint density at radius 1 is 0.605 bits per heavy atom. The second kappa shape index (κ2) is 21.2. The normalized spacial score (nSPS) is 14.0. The summed E-state index contributed by atoms with van der Waals surface area (Å²) >= 11 is 0. The maximum atomic E-state index is 12.8. The van der Waals surface area contributed by atoms with Crippen molar-refractivity contribution in [2.75, 3.05) is 19.8 Å². The molecule has 0 aliphatic heterocycles. The van der Waals surface area contributed by atoms with Crippen molar-refractivity contribution in [3.05, 3.63) is 0 Å². The molecule has 0 aromatic heterocycles. The summed E-state index contributed by atoms with van der Waals surface area (Å²) in [7, 11) is 0.